The summed E-state index contributed by atoms with van der Waals surface area (Å²) >= 11 is 3.45. The van der Waals surface area contributed by atoms with Crippen molar-refractivity contribution in [3.63, 3.8) is 0 Å². The Bertz CT molecular complexity index is 1390. The summed E-state index contributed by atoms with van der Waals surface area (Å²) in [5.74, 6) is -0.655. The molecule has 1 aliphatic rings. The van der Waals surface area contributed by atoms with Crippen LogP contribution < -0.4 is 20.1 Å². The largest absolute Gasteiger partial charge is 0.493 e. The molecule has 0 spiro atoms. The number of carbonyl (C=O) groups excluding carboxylic acids is 3. The maximum Gasteiger partial charge on any atom is 0.329 e. The number of rotatable bonds is 8. The van der Waals surface area contributed by atoms with Crippen LogP contribution in [0.15, 0.2) is 70.8 Å². The van der Waals surface area contributed by atoms with Crippen molar-refractivity contribution in [2.24, 2.45) is 0 Å². The lowest BCUT2D eigenvalue weighted by Gasteiger charge is -2.14. The van der Waals surface area contributed by atoms with Crippen LogP contribution in [0.5, 0.6) is 11.5 Å². The predicted octanol–water partition coefficient (Wildman–Crippen LogP) is 5.02. The minimum absolute atomic E-state index is 0.0160. The fourth-order valence-electron chi connectivity index (χ4n) is 3.65. The van der Waals surface area contributed by atoms with Crippen LogP contribution in [0.25, 0.3) is 6.08 Å². The highest BCUT2D eigenvalue weighted by molar-refractivity contribution is 9.10. The van der Waals surface area contributed by atoms with E-state index in [1.807, 2.05) is 13.0 Å². The van der Waals surface area contributed by atoms with Crippen molar-refractivity contribution >= 4 is 45.5 Å². The van der Waals surface area contributed by atoms with Gasteiger partial charge in [0.05, 0.1) is 11.6 Å². The van der Waals surface area contributed by atoms with Crippen LogP contribution in [0.2, 0.25) is 0 Å². The highest BCUT2D eigenvalue weighted by Gasteiger charge is 2.35. The van der Waals surface area contributed by atoms with Gasteiger partial charge >= 0.3 is 6.03 Å². The minimum Gasteiger partial charge on any atom is -0.493 e. The predicted molar refractivity (Wildman–Crippen MR) is 139 cm³/mol. The van der Waals surface area contributed by atoms with E-state index < -0.39 is 24.4 Å². The summed E-state index contributed by atoms with van der Waals surface area (Å²) in [5, 5.41) is 5.19. The van der Waals surface area contributed by atoms with E-state index in [9.17, 15) is 18.8 Å². The van der Waals surface area contributed by atoms with E-state index in [1.165, 1.54) is 25.3 Å². The molecule has 0 aromatic heterocycles. The number of anilines is 1. The first-order chi connectivity index (χ1) is 17.7. The molecule has 1 fully saturated rings. The quantitative estimate of drug-likeness (QED) is 0.294. The molecule has 1 saturated heterocycles. The van der Waals surface area contributed by atoms with Crippen molar-refractivity contribution in [2.45, 2.75) is 13.5 Å². The SMILES string of the molecule is COc1cc(C=C2NC(=O)N(CC(=O)Nc3cccc(C)c3)C2=O)cc(Br)c1OCc1ccc(F)cc1. The molecule has 10 heteroatoms. The summed E-state index contributed by atoms with van der Waals surface area (Å²) in [4.78, 5) is 38.5. The Morgan fingerprint density at radius 1 is 1.14 bits per heavy atom. The molecule has 0 radical (unpaired) electrons. The fourth-order valence-corrected chi connectivity index (χ4v) is 4.22. The number of carbonyl (C=O) groups is 3. The second-order valence-corrected chi connectivity index (χ2v) is 9.10. The van der Waals surface area contributed by atoms with Crippen molar-refractivity contribution < 1.29 is 28.2 Å². The highest BCUT2D eigenvalue weighted by Crippen LogP contribution is 2.38. The molecule has 1 aliphatic heterocycles. The number of imide groups is 1. The number of hydrogen-bond acceptors (Lipinski definition) is 5. The summed E-state index contributed by atoms with van der Waals surface area (Å²) in [7, 11) is 1.47. The molecule has 37 heavy (non-hydrogen) atoms. The van der Waals surface area contributed by atoms with Gasteiger partial charge in [-0.15, -0.1) is 0 Å². The molecule has 4 amide bonds. The van der Waals surface area contributed by atoms with Gasteiger partial charge in [-0.3, -0.25) is 9.59 Å². The molecule has 0 bridgehead atoms. The second-order valence-electron chi connectivity index (χ2n) is 8.25. The lowest BCUT2D eigenvalue weighted by molar-refractivity contribution is -0.127. The molecule has 0 atom stereocenters. The molecule has 8 nitrogen and oxygen atoms in total. The summed E-state index contributed by atoms with van der Waals surface area (Å²) in [5.41, 5.74) is 2.88. The van der Waals surface area contributed by atoms with Crippen LogP contribution >= 0.6 is 15.9 Å². The van der Waals surface area contributed by atoms with Gasteiger partial charge < -0.3 is 20.1 Å². The van der Waals surface area contributed by atoms with Gasteiger partial charge in [0.15, 0.2) is 11.5 Å². The summed E-state index contributed by atoms with van der Waals surface area (Å²) in [6.45, 7) is 1.64. The molecule has 4 rings (SSSR count). The zero-order chi connectivity index (χ0) is 26.5. The van der Waals surface area contributed by atoms with Gasteiger partial charge in [-0.1, -0.05) is 24.3 Å². The van der Waals surface area contributed by atoms with Gasteiger partial charge in [-0.25, -0.2) is 14.1 Å². The van der Waals surface area contributed by atoms with Crippen LogP contribution in [0.3, 0.4) is 0 Å². The van der Waals surface area contributed by atoms with Gasteiger partial charge in [0.1, 0.15) is 24.7 Å². The molecule has 0 saturated carbocycles. The van der Waals surface area contributed by atoms with Gasteiger partial charge in [0, 0.05) is 5.69 Å². The van der Waals surface area contributed by atoms with Crippen LogP contribution in [0.4, 0.5) is 14.9 Å². The first-order valence-electron chi connectivity index (χ1n) is 11.2. The minimum atomic E-state index is -0.694. The summed E-state index contributed by atoms with van der Waals surface area (Å²) < 4.78 is 25.0. The number of hydrogen-bond donors (Lipinski definition) is 2. The average Bonchev–Trinajstić information content (AvgIpc) is 3.11. The lowest BCUT2D eigenvalue weighted by atomic mass is 10.1. The molecule has 0 aliphatic carbocycles. The Morgan fingerprint density at radius 2 is 1.89 bits per heavy atom. The maximum atomic E-state index is 13.1. The van der Waals surface area contributed by atoms with E-state index in [0.29, 0.717) is 27.2 Å². The van der Waals surface area contributed by atoms with E-state index in [0.717, 1.165) is 16.0 Å². The zero-order valence-electron chi connectivity index (χ0n) is 20.0. The smallest absolute Gasteiger partial charge is 0.329 e. The van der Waals surface area contributed by atoms with E-state index in [2.05, 4.69) is 26.6 Å². The third-order valence-electron chi connectivity index (χ3n) is 5.43. The molecular formula is C27H23BrFN3O5. The number of nitrogens with one attached hydrogen (secondary N) is 2. The van der Waals surface area contributed by atoms with Crippen molar-refractivity contribution in [3.8, 4) is 11.5 Å². The van der Waals surface area contributed by atoms with Crippen LogP contribution in [-0.4, -0.2) is 36.4 Å². The third kappa shape index (κ3) is 6.34. The summed E-state index contributed by atoms with van der Waals surface area (Å²) in [6.07, 6.45) is 1.48. The third-order valence-corrected chi connectivity index (χ3v) is 6.01. The van der Waals surface area contributed by atoms with Gasteiger partial charge in [0.25, 0.3) is 5.91 Å². The molecule has 3 aromatic carbocycles. The van der Waals surface area contributed by atoms with Crippen LogP contribution in [-0.2, 0) is 16.2 Å². The van der Waals surface area contributed by atoms with Crippen molar-refractivity contribution in [1.29, 1.82) is 0 Å². The van der Waals surface area contributed by atoms with Crippen molar-refractivity contribution in [3.05, 3.63) is 93.3 Å². The van der Waals surface area contributed by atoms with Gasteiger partial charge in [-0.2, -0.15) is 0 Å². The number of nitrogens with zero attached hydrogens (tertiary/aromatic N) is 1. The van der Waals surface area contributed by atoms with Crippen molar-refractivity contribution in [1.82, 2.24) is 10.2 Å². The molecular weight excluding hydrogens is 545 g/mol. The Hall–Kier alpha value is -4.18. The summed E-state index contributed by atoms with van der Waals surface area (Å²) in [6, 6.07) is 15.8. The van der Waals surface area contributed by atoms with Gasteiger partial charge in [0.2, 0.25) is 5.91 Å². The number of benzene rings is 3. The van der Waals surface area contributed by atoms with Crippen LogP contribution in [0, 0.1) is 12.7 Å². The monoisotopic (exact) mass is 567 g/mol. The topological polar surface area (TPSA) is 97.0 Å². The van der Waals surface area contributed by atoms with E-state index in [1.54, 1.807) is 42.5 Å². The number of amides is 4. The Kier molecular flexibility index (Phi) is 7.88. The number of ether oxygens (including phenoxy) is 2. The molecule has 2 N–H and O–H groups in total. The van der Waals surface area contributed by atoms with E-state index in [4.69, 9.17) is 9.47 Å². The number of halogens is 2. The first-order valence-corrected chi connectivity index (χ1v) is 12.0. The molecule has 0 unspecified atom stereocenters. The molecule has 3 aromatic rings. The Balaban J connectivity index is 1.46. The normalized spacial score (nSPS) is 14.1. The standard InChI is InChI=1S/C27H23BrFN3O5/c1-16-4-3-5-20(10-16)30-24(33)14-32-26(34)22(31-27(32)35)12-18-11-21(28)25(23(13-18)36-2)37-15-17-6-8-19(29)9-7-17/h3-13H,14-15H2,1-2H3,(H,30,33)(H,31,35). The number of aryl methyl sites for hydroxylation is 1. The Morgan fingerprint density at radius 3 is 2.59 bits per heavy atom. The number of urea groups is 1. The maximum absolute atomic E-state index is 13.1. The van der Waals surface area contributed by atoms with Crippen molar-refractivity contribution in [2.75, 3.05) is 19.0 Å². The fraction of sp³-hybridized carbons (Fsp3) is 0.148. The average molecular weight is 568 g/mol. The second kappa shape index (κ2) is 11.3. The first kappa shape index (κ1) is 25.9. The molecule has 190 valence electrons. The lowest BCUT2D eigenvalue weighted by Crippen LogP contribution is -2.38. The number of methoxy groups -OCH3 is 1. The van der Waals surface area contributed by atoms with Gasteiger partial charge in [-0.05, 0) is 82.0 Å². The van der Waals surface area contributed by atoms with E-state index >= 15 is 0 Å². The Labute approximate surface area is 221 Å². The molecule has 1 heterocycles. The van der Waals surface area contributed by atoms with Crippen LogP contribution in [0.1, 0.15) is 16.7 Å². The van der Waals surface area contributed by atoms with E-state index in [-0.39, 0.29) is 18.1 Å². The highest BCUT2D eigenvalue weighted by atomic mass is 79.9. The zero-order valence-corrected chi connectivity index (χ0v) is 21.6.